The molecule has 2 aromatic rings. The van der Waals surface area contributed by atoms with Crippen LogP contribution >= 0.6 is 15.9 Å². The summed E-state index contributed by atoms with van der Waals surface area (Å²) in [6, 6.07) is 6.59. The van der Waals surface area contributed by atoms with Crippen molar-refractivity contribution < 1.29 is 22.0 Å². The molecule has 0 saturated heterocycles. The van der Waals surface area contributed by atoms with Crippen LogP contribution < -0.4 is 0 Å². The smallest absolute Gasteiger partial charge is 0.200 e. The molecule has 0 fully saturated rings. The van der Waals surface area contributed by atoms with E-state index >= 15 is 0 Å². The largest absolute Gasteiger partial charge is 0.203 e. The maximum Gasteiger partial charge on any atom is 0.200 e. The van der Waals surface area contributed by atoms with Gasteiger partial charge in [-0.3, -0.25) is 0 Å². The highest BCUT2D eigenvalue weighted by atomic mass is 79.9. The van der Waals surface area contributed by atoms with E-state index < -0.39 is 34.6 Å². The fourth-order valence-corrected chi connectivity index (χ4v) is 1.79. The van der Waals surface area contributed by atoms with Crippen LogP contribution in [0.3, 0.4) is 0 Å². The van der Waals surface area contributed by atoms with Gasteiger partial charge < -0.3 is 0 Å². The first-order chi connectivity index (χ1) is 9.41. The van der Waals surface area contributed by atoms with E-state index in [0.717, 1.165) is 10.5 Å². The molecule has 0 N–H and O–H groups in total. The average molecular weight is 349 g/mol. The lowest BCUT2D eigenvalue weighted by atomic mass is 10.1. The topological polar surface area (TPSA) is 0 Å². The van der Waals surface area contributed by atoms with Gasteiger partial charge in [0, 0.05) is 4.47 Å². The first-order valence-electron chi connectivity index (χ1n) is 5.37. The molecule has 2 rings (SSSR count). The van der Waals surface area contributed by atoms with Crippen molar-refractivity contribution in [3.05, 3.63) is 69.0 Å². The van der Waals surface area contributed by atoms with Crippen LogP contribution in [-0.2, 0) is 0 Å². The number of rotatable bonds is 2. The summed E-state index contributed by atoms with van der Waals surface area (Å²) in [6.07, 6.45) is 2.10. The lowest BCUT2D eigenvalue weighted by Gasteiger charge is -2.04. The van der Waals surface area contributed by atoms with Crippen LogP contribution in [0.1, 0.15) is 11.1 Å². The number of hydrogen-bond acceptors (Lipinski definition) is 0. The monoisotopic (exact) mass is 348 g/mol. The molecule has 0 unspecified atom stereocenters. The molecule has 0 spiro atoms. The average Bonchev–Trinajstić information content (AvgIpc) is 2.45. The van der Waals surface area contributed by atoms with Crippen molar-refractivity contribution in [1.29, 1.82) is 0 Å². The third-order valence-corrected chi connectivity index (χ3v) is 3.08. The Morgan fingerprint density at radius 1 is 0.650 bits per heavy atom. The summed E-state index contributed by atoms with van der Waals surface area (Å²) in [7, 11) is 0. The van der Waals surface area contributed by atoms with Crippen LogP contribution in [0.25, 0.3) is 12.2 Å². The molecule has 0 heterocycles. The Morgan fingerprint density at radius 2 is 1.10 bits per heavy atom. The van der Waals surface area contributed by atoms with Crippen molar-refractivity contribution >= 4 is 28.1 Å². The maximum absolute atomic E-state index is 13.4. The molecular formula is C14H6BrF5. The normalized spacial score (nSPS) is 11.3. The van der Waals surface area contributed by atoms with Crippen LogP contribution in [0.5, 0.6) is 0 Å². The van der Waals surface area contributed by atoms with Gasteiger partial charge in [0.05, 0.1) is 5.56 Å². The lowest BCUT2D eigenvalue weighted by Crippen LogP contribution is -2.03. The molecule has 2 aromatic carbocycles. The van der Waals surface area contributed by atoms with E-state index in [4.69, 9.17) is 0 Å². The van der Waals surface area contributed by atoms with Gasteiger partial charge in [-0.1, -0.05) is 34.1 Å². The zero-order valence-electron chi connectivity index (χ0n) is 9.73. The standard InChI is InChI=1S/C14H6BrF5/c15-8-4-1-7(2-5-8)3-6-9-10(16)12(18)14(20)13(19)11(9)17/h1-6H/b6-3+. The van der Waals surface area contributed by atoms with Gasteiger partial charge in [0.25, 0.3) is 0 Å². The Kier molecular flexibility index (Phi) is 4.23. The van der Waals surface area contributed by atoms with Gasteiger partial charge in [-0.15, -0.1) is 0 Å². The van der Waals surface area contributed by atoms with E-state index in [1.54, 1.807) is 24.3 Å². The molecule has 0 aliphatic carbocycles. The first-order valence-corrected chi connectivity index (χ1v) is 6.16. The molecule has 104 valence electrons. The van der Waals surface area contributed by atoms with E-state index in [0.29, 0.717) is 5.56 Å². The summed E-state index contributed by atoms with van der Waals surface area (Å²) in [5.74, 6) is -9.79. The van der Waals surface area contributed by atoms with Gasteiger partial charge in [-0.05, 0) is 23.8 Å². The molecule has 0 aromatic heterocycles. The minimum absolute atomic E-state index is 0.553. The SMILES string of the molecule is Fc1c(F)c(F)c(/C=C/c2ccc(Br)cc2)c(F)c1F. The summed E-state index contributed by atoms with van der Waals surface area (Å²) in [5, 5.41) is 0. The van der Waals surface area contributed by atoms with Crippen molar-refractivity contribution in [1.82, 2.24) is 0 Å². The van der Waals surface area contributed by atoms with Crippen molar-refractivity contribution in [2.45, 2.75) is 0 Å². The Hall–Kier alpha value is -1.69. The van der Waals surface area contributed by atoms with E-state index in [1.807, 2.05) is 0 Å². The molecular weight excluding hydrogens is 343 g/mol. The van der Waals surface area contributed by atoms with E-state index in [-0.39, 0.29) is 0 Å². The molecule has 0 amide bonds. The Bertz CT molecular complexity index is 648. The second kappa shape index (κ2) is 5.75. The summed E-state index contributed by atoms with van der Waals surface area (Å²) < 4.78 is 66.4. The first kappa shape index (κ1) is 14.7. The van der Waals surface area contributed by atoms with Crippen LogP contribution in [-0.4, -0.2) is 0 Å². The van der Waals surface area contributed by atoms with Crippen molar-refractivity contribution in [2.24, 2.45) is 0 Å². The molecule has 6 heteroatoms. The predicted octanol–water partition coefficient (Wildman–Crippen LogP) is 5.32. The van der Waals surface area contributed by atoms with Gasteiger partial charge in [0.1, 0.15) is 0 Å². The molecule has 0 radical (unpaired) electrons. The van der Waals surface area contributed by atoms with Crippen LogP contribution in [0.4, 0.5) is 22.0 Å². The summed E-state index contributed by atoms with van der Waals surface area (Å²) in [5.41, 5.74) is -0.415. The van der Waals surface area contributed by atoms with Crippen molar-refractivity contribution in [2.75, 3.05) is 0 Å². The van der Waals surface area contributed by atoms with E-state index in [2.05, 4.69) is 15.9 Å². The summed E-state index contributed by atoms with van der Waals surface area (Å²) in [4.78, 5) is 0. The van der Waals surface area contributed by atoms with Crippen LogP contribution in [0, 0.1) is 29.1 Å². The minimum atomic E-state index is -2.17. The van der Waals surface area contributed by atoms with Crippen molar-refractivity contribution in [3.8, 4) is 0 Å². The lowest BCUT2D eigenvalue weighted by molar-refractivity contribution is 0.377. The van der Waals surface area contributed by atoms with Crippen molar-refractivity contribution in [3.63, 3.8) is 0 Å². The Balaban J connectivity index is 2.46. The second-order valence-corrected chi connectivity index (χ2v) is 4.78. The Labute approximate surface area is 119 Å². The molecule has 20 heavy (non-hydrogen) atoms. The molecule has 0 nitrogen and oxygen atoms in total. The molecule has 0 aliphatic rings. The summed E-state index contributed by atoms with van der Waals surface area (Å²) in [6.45, 7) is 0. The van der Waals surface area contributed by atoms with Gasteiger partial charge in [0.2, 0.25) is 5.82 Å². The van der Waals surface area contributed by atoms with E-state index in [9.17, 15) is 22.0 Å². The highest BCUT2D eigenvalue weighted by Gasteiger charge is 2.24. The molecule has 0 saturated carbocycles. The van der Waals surface area contributed by atoms with Crippen LogP contribution in [0.2, 0.25) is 0 Å². The third kappa shape index (κ3) is 2.75. The Morgan fingerprint density at radius 3 is 1.60 bits per heavy atom. The fraction of sp³-hybridized carbons (Fsp3) is 0. The number of hydrogen-bond donors (Lipinski definition) is 0. The quantitative estimate of drug-likeness (QED) is 0.298. The summed E-state index contributed by atoms with van der Waals surface area (Å²) >= 11 is 3.21. The zero-order valence-corrected chi connectivity index (χ0v) is 11.3. The highest BCUT2D eigenvalue weighted by molar-refractivity contribution is 9.10. The third-order valence-electron chi connectivity index (χ3n) is 2.56. The molecule has 0 atom stereocenters. The number of halogens is 6. The zero-order chi connectivity index (χ0) is 14.9. The van der Waals surface area contributed by atoms with E-state index in [1.165, 1.54) is 6.08 Å². The molecule has 0 bridgehead atoms. The molecule has 0 aliphatic heterocycles. The predicted molar refractivity (Wildman–Crippen MR) is 69.3 cm³/mol. The second-order valence-electron chi connectivity index (χ2n) is 3.87. The van der Waals surface area contributed by atoms with Gasteiger partial charge >= 0.3 is 0 Å². The van der Waals surface area contributed by atoms with Crippen LogP contribution in [0.15, 0.2) is 28.7 Å². The van der Waals surface area contributed by atoms with Gasteiger partial charge in [-0.25, -0.2) is 22.0 Å². The fourth-order valence-electron chi connectivity index (χ4n) is 1.52. The van der Waals surface area contributed by atoms with Gasteiger partial charge in [-0.2, -0.15) is 0 Å². The number of benzene rings is 2. The highest BCUT2D eigenvalue weighted by Crippen LogP contribution is 2.24. The van der Waals surface area contributed by atoms with Gasteiger partial charge in [0.15, 0.2) is 23.3 Å². The maximum atomic E-state index is 13.4. The minimum Gasteiger partial charge on any atom is -0.203 e.